The Kier molecular flexibility index (Phi) is 5.02. The second-order valence-corrected chi connectivity index (χ2v) is 6.17. The number of carboxylic acid groups (broad SMARTS) is 1. The van der Waals surface area contributed by atoms with E-state index in [4.69, 9.17) is 9.84 Å². The highest BCUT2D eigenvalue weighted by Crippen LogP contribution is 2.41. The maximum atomic E-state index is 12.4. The maximum Gasteiger partial charge on any atom is 0.341 e. The molecule has 2 N–H and O–H groups in total. The molecule has 0 atom stereocenters. The molecule has 0 aliphatic heterocycles. The lowest BCUT2D eigenvalue weighted by atomic mass is 10.1. The van der Waals surface area contributed by atoms with Crippen LogP contribution in [0.3, 0.4) is 0 Å². The number of aryl methyl sites for hydroxylation is 1. The van der Waals surface area contributed by atoms with Crippen molar-refractivity contribution in [3.8, 4) is 5.75 Å². The SMILES string of the molecule is Cn1ncc(C(=O)NCCc2ccc(OCC(=O)O)cc2)c1C1CC1. The smallest absolute Gasteiger partial charge is 0.341 e. The monoisotopic (exact) mass is 343 g/mol. The lowest BCUT2D eigenvalue weighted by molar-refractivity contribution is -0.139. The molecule has 1 aliphatic rings. The molecule has 0 radical (unpaired) electrons. The molecule has 0 unspecified atom stereocenters. The minimum atomic E-state index is -1.01. The fourth-order valence-electron chi connectivity index (χ4n) is 2.78. The Morgan fingerprint density at radius 3 is 2.68 bits per heavy atom. The molecule has 1 amide bonds. The number of nitrogens with one attached hydrogen (secondary N) is 1. The van der Waals surface area contributed by atoms with Crippen molar-refractivity contribution < 1.29 is 19.4 Å². The molecule has 3 rings (SSSR count). The Balaban J connectivity index is 1.49. The summed E-state index contributed by atoms with van der Waals surface area (Å²) in [5.41, 5.74) is 2.73. The molecule has 0 spiro atoms. The topological polar surface area (TPSA) is 93.5 Å². The molecular weight excluding hydrogens is 322 g/mol. The van der Waals surface area contributed by atoms with E-state index in [1.54, 1.807) is 23.0 Å². The van der Waals surface area contributed by atoms with E-state index in [9.17, 15) is 9.59 Å². The van der Waals surface area contributed by atoms with Gasteiger partial charge in [-0.3, -0.25) is 9.48 Å². The number of carboxylic acids is 1. The Morgan fingerprint density at radius 1 is 1.32 bits per heavy atom. The fourth-order valence-corrected chi connectivity index (χ4v) is 2.78. The van der Waals surface area contributed by atoms with Gasteiger partial charge in [0, 0.05) is 19.5 Å². The van der Waals surface area contributed by atoms with Gasteiger partial charge in [0.15, 0.2) is 6.61 Å². The van der Waals surface area contributed by atoms with E-state index in [0.29, 0.717) is 30.2 Å². The van der Waals surface area contributed by atoms with Gasteiger partial charge in [-0.25, -0.2) is 4.79 Å². The predicted molar refractivity (Wildman–Crippen MR) is 90.8 cm³/mol. The molecule has 1 heterocycles. The number of aliphatic carboxylic acids is 1. The second kappa shape index (κ2) is 7.38. The molecule has 25 heavy (non-hydrogen) atoms. The number of carbonyl (C=O) groups excluding carboxylic acids is 1. The van der Waals surface area contributed by atoms with E-state index in [1.165, 1.54) is 0 Å². The van der Waals surface area contributed by atoms with Crippen molar-refractivity contribution in [2.45, 2.75) is 25.2 Å². The minimum absolute atomic E-state index is 0.0867. The average molecular weight is 343 g/mol. The molecule has 0 saturated heterocycles. The number of benzene rings is 1. The average Bonchev–Trinajstić information content (AvgIpc) is 3.35. The van der Waals surface area contributed by atoms with Crippen molar-refractivity contribution in [2.75, 3.05) is 13.2 Å². The summed E-state index contributed by atoms with van der Waals surface area (Å²) in [6.07, 6.45) is 4.56. The Morgan fingerprint density at radius 2 is 2.04 bits per heavy atom. The number of nitrogens with zero attached hydrogens (tertiary/aromatic N) is 2. The molecule has 132 valence electrons. The summed E-state index contributed by atoms with van der Waals surface area (Å²) < 4.78 is 6.88. The number of hydrogen-bond donors (Lipinski definition) is 2. The van der Waals surface area contributed by atoms with E-state index < -0.39 is 5.97 Å². The van der Waals surface area contributed by atoms with Crippen molar-refractivity contribution in [2.24, 2.45) is 7.05 Å². The first-order valence-electron chi connectivity index (χ1n) is 8.28. The fraction of sp³-hybridized carbons (Fsp3) is 0.389. The molecule has 1 aromatic heterocycles. The van der Waals surface area contributed by atoms with Crippen molar-refractivity contribution in [1.29, 1.82) is 0 Å². The molecule has 1 aliphatic carbocycles. The zero-order chi connectivity index (χ0) is 17.8. The third-order valence-corrected chi connectivity index (χ3v) is 4.18. The van der Waals surface area contributed by atoms with E-state index >= 15 is 0 Å². The van der Waals surface area contributed by atoms with Gasteiger partial charge in [0.25, 0.3) is 5.91 Å². The molecule has 1 saturated carbocycles. The minimum Gasteiger partial charge on any atom is -0.482 e. The van der Waals surface area contributed by atoms with Gasteiger partial charge in [-0.1, -0.05) is 12.1 Å². The summed E-state index contributed by atoms with van der Waals surface area (Å²) in [6.45, 7) is 0.164. The standard InChI is InChI=1S/C18H21N3O4/c1-21-17(13-4-5-13)15(10-20-21)18(24)19-9-8-12-2-6-14(7-3-12)25-11-16(22)23/h2-3,6-7,10,13H,4-5,8-9,11H2,1H3,(H,19,24)(H,22,23). The summed E-state index contributed by atoms with van der Waals surface area (Å²) in [7, 11) is 1.87. The van der Waals surface area contributed by atoms with E-state index in [2.05, 4.69) is 10.4 Å². The largest absolute Gasteiger partial charge is 0.482 e. The molecule has 7 heteroatoms. The van der Waals surface area contributed by atoms with Gasteiger partial charge in [-0.05, 0) is 37.0 Å². The second-order valence-electron chi connectivity index (χ2n) is 6.17. The van der Waals surface area contributed by atoms with Crippen LogP contribution in [0.5, 0.6) is 5.75 Å². The van der Waals surface area contributed by atoms with Crippen LogP contribution in [0.25, 0.3) is 0 Å². The van der Waals surface area contributed by atoms with E-state index in [0.717, 1.165) is 24.1 Å². The van der Waals surface area contributed by atoms with E-state index in [-0.39, 0.29) is 12.5 Å². The van der Waals surface area contributed by atoms with Crippen LogP contribution in [0.15, 0.2) is 30.5 Å². The summed E-state index contributed by atoms with van der Waals surface area (Å²) in [5, 5.41) is 15.7. The third kappa shape index (κ3) is 4.37. The highest BCUT2D eigenvalue weighted by molar-refractivity contribution is 5.95. The molecular formula is C18H21N3O4. The Bertz CT molecular complexity index is 763. The first-order valence-corrected chi connectivity index (χ1v) is 8.28. The zero-order valence-electron chi connectivity index (χ0n) is 14.1. The van der Waals surface area contributed by atoms with Crippen molar-refractivity contribution in [3.05, 3.63) is 47.3 Å². The van der Waals surface area contributed by atoms with Crippen LogP contribution in [0, 0.1) is 0 Å². The molecule has 2 aromatic rings. The number of aromatic nitrogens is 2. The van der Waals surface area contributed by atoms with Gasteiger partial charge in [-0.15, -0.1) is 0 Å². The van der Waals surface area contributed by atoms with Crippen molar-refractivity contribution >= 4 is 11.9 Å². The maximum absolute atomic E-state index is 12.4. The number of ether oxygens (including phenoxy) is 1. The number of carbonyl (C=O) groups is 2. The third-order valence-electron chi connectivity index (χ3n) is 4.18. The molecule has 1 fully saturated rings. The normalized spacial score (nSPS) is 13.5. The van der Waals surface area contributed by atoms with Crippen LogP contribution in [0.1, 0.15) is 40.4 Å². The lowest BCUT2D eigenvalue weighted by Crippen LogP contribution is -2.26. The van der Waals surface area contributed by atoms with Crippen molar-refractivity contribution in [1.82, 2.24) is 15.1 Å². The van der Waals surface area contributed by atoms with Gasteiger partial charge in [0.2, 0.25) is 0 Å². The van der Waals surface area contributed by atoms with E-state index in [1.807, 2.05) is 19.2 Å². The van der Waals surface area contributed by atoms with Crippen LogP contribution in [0.2, 0.25) is 0 Å². The molecule has 1 aromatic carbocycles. The number of hydrogen-bond acceptors (Lipinski definition) is 4. The van der Waals surface area contributed by atoms with Gasteiger partial charge < -0.3 is 15.2 Å². The van der Waals surface area contributed by atoms with Gasteiger partial charge in [0.05, 0.1) is 17.5 Å². The summed E-state index contributed by atoms with van der Waals surface area (Å²) in [5.74, 6) is -0.115. The molecule has 7 nitrogen and oxygen atoms in total. The molecule has 0 bridgehead atoms. The Hall–Kier alpha value is -2.83. The lowest BCUT2D eigenvalue weighted by Gasteiger charge is -2.08. The highest BCUT2D eigenvalue weighted by atomic mass is 16.5. The van der Waals surface area contributed by atoms with Crippen LogP contribution in [-0.2, 0) is 18.3 Å². The first-order chi connectivity index (χ1) is 12.0. The van der Waals surface area contributed by atoms with Crippen LogP contribution >= 0.6 is 0 Å². The summed E-state index contributed by atoms with van der Waals surface area (Å²) >= 11 is 0. The quantitative estimate of drug-likeness (QED) is 0.761. The zero-order valence-corrected chi connectivity index (χ0v) is 14.1. The van der Waals surface area contributed by atoms with Crippen LogP contribution in [0.4, 0.5) is 0 Å². The number of rotatable bonds is 8. The highest BCUT2D eigenvalue weighted by Gasteiger charge is 2.31. The Labute approximate surface area is 145 Å². The first kappa shape index (κ1) is 17.0. The predicted octanol–water partition coefficient (Wildman–Crippen LogP) is 1.73. The summed E-state index contributed by atoms with van der Waals surface area (Å²) in [4.78, 5) is 22.8. The van der Waals surface area contributed by atoms with Gasteiger partial charge in [0.1, 0.15) is 5.75 Å². The number of amides is 1. The summed E-state index contributed by atoms with van der Waals surface area (Å²) in [6, 6.07) is 7.19. The van der Waals surface area contributed by atoms with Crippen LogP contribution in [-0.4, -0.2) is 39.9 Å². The van der Waals surface area contributed by atoms with Gasteiger partial charge >= 0.3 is 5.97 Å². The van der Waals surface area contributed by atoms with Gasteiger partial charge in [-0.2, -0.15) is 5.10 Å². The van der Waals surface area contributed by atoms with Crippen LogP contribution < -0.4 is 10.1 Å². The van der Waals surface area contributed by atoms with Crippen molar-refractivity contribution in [3.63, 3.8) is 0 Å².